The van der Waals surface area contributed by atoms with Crippen LogP contribution >= 0.6 is 11.3 Å². The summed E-state index contributed by atoms with van der Waals surface area (Å²) in [5.41, 5.74) is 2.26. The van der Waals surface area contributed by atoms with Crippen LogP contribution in [0.1, 0.15) is 17.0 Å². The molecule has 158 valence electrons. The maximum Gasteiger partial charge on any atom is 0.230 e. The number of nitrogens with one attached hydrogen (secondary N) is 1. The highest BCUT2D eigenvalue weighted by molar-refractivity contribution is 7.08. The van der Waals surface area contributed by atoms with Gasteiger partial charge in [-0.25, -0.2) is 13.8 Å². The van der Waals surface area contributed by atoms with E-state index in [1.165, 1.54) is 41.7 Å². The number of aryl methyl sites for hydroxylation is 1. The maximum absolute atomic E-state index is 14.4. The van der Waals surface area contributed by atoms with Crippen molar-refractivity contribution in [2.45, 2.75) is 20.0 Å². The van der Waals surface area contributed by atoms with Crippen molar-refractivity contribution in [2.75, 3.05) is 5.32 Å². The van der Waals surface area contributed by atoms with Gasteiger partial charge in [0.05, 0.1) is 12.1 Å². The number of nitrogens with zero attached hydrogens (tertiary/aromatic N) is 1. The smallest absolute Gasteiger partial charge is 0.230 e. The number of oxazole rings is 1. The summed E-state index contributed by atoms with van der Waals surface area (Å²) in [6.07, 6.45) is -0.00108. The van der Waals surface area contributed by atoms with Gasteiger partial charge in [0.25, 0.3) is 0 Å². The first-order chi connectivity index (χ1) is 15.0. The van der Waals surface area contributed by atoms with Crippen molar-refractivity contribution in [1.29, 1.82) is 0 Å². The molecule has 2 aromatic carbocycles. The van der Waals surface area contributed by atoms with E-state index in [1.807, 2.05) is 16.8 Å². The Balaban J connectivity index is 1.37. The minimum absolute atomic E-state index is 0.00108. The van der Waals surface area contributed by atoms with Gasteiger partial charge in [-0.2, -0.15) is 11.3 Å². The van der Waals surface area contributed by atoms with E-state index in [0.717, 1.165) is 5.56 Å². The van der Waals surface area contributed by atoms with Crippen molar-refractivity contribution in [3.05, 3.63) is 87.9 Å². The van der Waals surface area contributed by atoms with Gasteiger partial charge in [-0.15, -0.1) is 0 Å². The summed E-state index contributed by atoms with van der Waals surface area (Å²) in [6, 6.07) is 11.9. The van der Waals surface area contributed by atoms with Crippen molar-refractivity contribution >= 4 is 22.9 Å². The van der Waals surface area contributed by atoms with Crippen LogP contribution < -0.4 is 10.1 Å². The highest BCUT2D eigenvalue weighted by atomic mass is 32.1. The lowest BCUT2D eigenvalue weighted by atomic mass is 10.2. The lowest BCUT2D eigenvalue weighted by molar-refractivity contribution is -0.115. The van der Waals surface area contributed by atoms with E-state index in [-0.39, 0.29) is 30.5 Å². The molecule has 0 saturated heterocycles. The van der Waals surface area contributed by atoms with E-state index in [2.05, 4.69) is 10.3 Å². The molecule has 0 bridgehead atoms. The molecule has 31 heavy (non-hydrogen) atoms. The number of carbonyl (C=O) groups is 1. The van der Waals surface area contributed by atoms with Gasteiger partial charge in [-0.05, 0) is 48.2 Å². The van der Waals surface area contributed by atoms with Gasteiger partial charge in [0.1, 0.15) is 18.2 Å². The number of thiophene rings is 1. The second-order valence-electron chi connectivity index (χ2n) is 6.82. The summed E-state index contributed by atoms with van der Waals surface area (Å²) >= 11 is 1.53. The number of amides is 1. The second kappa shape index (κ2) is 9.09. The zero-order valence-corrected chi connectivity index (χ0v) is 17.3. The third-order valence-electron chi connectivity index (χ3n) is 4.49. The number of ether oxygens (including phenoxy) is 1. The molecule has 5 nitrogen and oxygen atoms in total. The highest BCUT2D eigenvalue weighted by Gasteiger charge is 2.16. The van der Waals surface area contributed by atoms with Gasteiger partial charge >= 0.3 is 0 Å². The minimum atomic E-state index is -0.633. The fraction of sp³-hybridized carbons (Fsp3) is 0.130. The van der Waals surface area contributed by atoms with Gasteiger partial charge < -0.3 is 14.5 Å². The van der Waals surface area contributed by atoms with Gasteiger partial charge in [0.15, 0.2) is 11.6 Å². The third kappa shape index (κ3) is 5.16. The Morgan fingerprint density at radius 3 is 2.81 bits per heavy atom. The quantitative estimate of drug-likeness (QED) is 0.397. The van der Waals surface area contributed by atoms with Crippen LogP contribution in [0.3, 0.4) is 0 Å². The molecular weight excluding hydrogens is 422 g/mol. The molecule has 1 N–H and O–H groups in total. The lowest BCUT2D eigenvalue weighted by Crippen LogP contribution is -2.15. The molecule has 0 aliphatic heterocycles. The largest absolute Gasteiger partial charge is 0.486 e. The van der Waals surface area contributed by atoms with Crippen LogP contribution in [0.2, 0.25) is 0 Å². The summed E-state index contributed by atoms with van der Waals surface area (Å²) in [4.78, 5) is 16.8. The molecule has 0 saturated carbocycles. The number of hydrogen-bond acceptors (Lipinski definition) is 5. The first kappa shape index (κ1) is 20.7. The van der Waals surface area contributed by atoms with E-state index in [0.29, 0.717) is 28.6 Å². The van der Waals surface area contributed by atoms with Gasteiger partial charge in [0.2, 0.25) is 11.8 Å². The number of aromatic nitrogens is 1. The summed E-state index contributed by atoms with van der Waals surface area (Å²) < 4.78 is 38.6. The molecule has 4 rings (SSSR count). The monoisotopic (exact) mass is 440 g/mol. The van der Waals surface area contributed by atoms with Crippen molar-refractivity contribution in [2.24, 2.45) is 0 Å². The molecular formula is C23H18F2N2O3S. The van der Waals surface area contributed by atoms with Crippen LogP contribution in [0.25, 0.3) is 11.5 Å². The Labute approximate surface area is 181 Å². The Bertz CT molecular complexity index is 1210. The summed E-state index contributed by atoms with van der Waals surface area (Å²) in [7, 11) is 0. The molecule has 1 amide bonds. The fourth-order valence-electron chi connectivity index (χ4n) is 2.94. The predicted molar refractivity (Wildman–Crippen MR) is 114 cm³/mol. The fourth-order valence-corrected chi connectivity index (χ4v) is 3.57. The number of benzene rings is 2. The number of rotatable bonds is 7. The molecule has 0 atom stereocenters. The SMILES string of the molecule is Cc1oc(-c2ccsc2)nc1CC(=O)Nc1ccc(OCc2cccc(F)c2)c(F)c1. The second-order valence-corrected chi connectivity index (χ2v) is 7.60. The number of anilines is 1. The van der Waals surface area contributed by atoms with E-state index in [9.17, 15) is 13.6 Å². The van der Waals surface area contributed by atoms with Gasteiger partial charge in [-0.1, -0.05) is 12.1 Å². The van der Waals surface area contributed by atoms with Crippen molar-refractivity contribution in [3.8, 4) is 17.2 Å². The predicted octanol–water partition coefficient (Wildman–Crippen LogP) is 5.75. The Morgan fingerprint density at radius 2 is 2.06 bits per heavy atom. The molecule has 0 aliphatic rings. The Hall–Kier alpha value is -3.52. The van der Waals surface area contributed by atoms with Crippen molar-refractivity contribution in [1.82, 2.24) is 4.98 Å². The topological polar surface area (TPSA) is 64.4 Å². The highest BCUT2D eigenvalue weighted by Crippen LogP contribution is 2.25. The maximum atomic E-state index is 14.4. The molecule has 0 unspecified atom stereocenters. The standard InChI is InChI=1S/C23H18F2N2O3S/c1-14-20(27-23(30-14)16-7-8-31-13-16)11-22(28)26-18-5-6-21(19(25)10-18)29-12-15-3-2-4-17(24)9-15/h2-10,13H,11-12H2,1H3,(H,26,28). The summed E-state index contributed by atoms with van der Waals surface area (Å²) in [5.74, 6) is -0.330. The normalized spacial score (nSPS) is 10.8. The number of halogens is 2. The van der Waals surface area contributed by atoms with Crippen LogP contribution in [0.4, 0.5) is 14.5 Å². The average molecular weight is 440 g/mol. The molecule has 0 radical (unpaired) electrons. The molecule has 2 aromatic heterocycles. The zero-order chi connectivity index (χ0) is 21.8. The molecule has 0 fully saturated rings. The average Bonchev–Trinajstić information content (AvgIpc) is 3.38. The molecule has 4 aromatic rings. The summed E-state index contributed by atoms with van der Waals surface area (Å²) in [6.45, 7) is 1.77. The first-order valence-corrected chi connectivity index (χ1v) is 10.4. The molecule has 0 spiro atoms. The van der Waals surface area contributed by atoms with Crippen LogP contribution in [0.5, 0.6) is 5.75 Å². The lowest BCUT2D eigenvalue weighted by Gasteiger charge is -2.10. The van der Waals surface area contributed by atoms with E-state index in [4.69, 9.17) is 9.15 Å². The third-order valence-corrected chi connectivity index (χ3v) is 5.17. The van der Waals surface area contributed by atoms with E-state index in [1.54, 1.807) is 19.1 Å². The first-order valence-electron chi connectivity index (χ1n) is 9.43. The zero-order valence-electron chi connectivity index (χ0n) is 16.5. The van der Waals surface area contributed by atoms with Crippen molar-refractivity contribution < 1.29 is 22.7 Å². The van der Waals surface area contributed by atoms with E-state index < -0.39 is 5.82 Å². The Morgan fingerprint density at radius 1 is 1.19 bits per heavy atom. The summed E-state index contributed by atoms with van der Waals surface area (Å²) in [5, 5.41) is 6.48. The van der Waals surface area contributed by atoms with Gasteiger partial charge in [0, 0.05) is 22.7 Å². The van der Waals surface area contributed by atoms with Crippen LogP contribution in [0.15, 0.2) is 63.7 Å². The van der Waals surface area contributed by atoms with E-state index >= 15 is 0 Å². The van der Waals surface area contributed by atoms with Crippen LogP contribution in [-0.4, -0.2) is 10.9 Å². The van der Waals surface area contributed by atoms with Gasteiger partial charge in [-0.3, -0.25) is 4.79 Å². The van der Waals surface area contributed by atoms with Crippen LogP contribution in [-0.2, 0) is 17.8 Å². The number of hydrogen-bond donors (Lipinski definition) is 1. The Kier molecular flexibility index (Phi) is 6.08. The number of carbonyl (C=O) groups excluding carboxylic acids is 1. The molecule has 8 heteroatoms. The minimum Gasteiger partial charge on any atom is -0.486 e. The molecule has 0 aliphatic carbocycles. The van der Waals surface area contributed by atoms with Crippen LogP contribution in [0, 0.1) is 18.6 Å². The van der Waals surface area contributed by atoms with Crippen molar-refractivity contribution in [3.63, 3.8) is 0 Å². The molecule has 2 heterocycles.